The molecule has 0 saturated carbocycles. The second-order valence-corrected chi connectivity index (χ2v) is 10.5. The van der Waals surface area contributed by atoms with Crippen LogP contribution in [0.3, 0.4) is 0 Å². The SMILES string of the molecule is Cc1ccc(C(=O)Nc2ccc(CN3CCN(C)CC3)c(C(F)(F)F)c2)cc1Oc1nc(-c2cccnc2)nc(N)c1C=N. The average Bonchev–Trinajstić information content (AvgIpc) is 3.00. The van der Waals surface area contributed by atoms with E-state index in [1.165, 1.54) is 24.3 Å². The Hall–Kier alpha value is -4.88. The first-order chi connectivity index (χ1) is 21.0. The molecular weight excluding hydrogens is 573 g/mol. The standard InChI is InChI=1S/C31H31F3N8O2/c1-19-5-6-20(14-26(19)44-30-24(16-35)27(36)39-28(40-30)21-4-3-9-37-17-21)29(43)38-23-8-7-22(25(15-23)31(32,33)34)18-42-12-10-41(2)11-13-42/h3-9,14-17,35H,10-13,18H2,1-2H3,(H,38,43)(H2,36,39,40). The summed E-state index contributed by atoms with van der Waals surface area (Å²) in [5, 5.41) is 10.4. The predicted molar refractivity (Wildman–Crippen MR) is 161 cm³/mol. The molecule has 228 valence electrons. The lowest BCUT2D eigenvalue weighted by Crippen LogP contribution is -2.44. The smallest absolute Gasteiger partial charge is 0.416 e. The van der Waals surface area contributed by atoms with Crippen molar-refractivity contribution in [3.8, 4) is 23.0 Å². The second kappa shape index (κ2) is 12.8. The maximum absolute atomic E-state index is 14.0. The molecule has 4 aromatic rings. The molecule has 0 atom stereocenters. The number of amides is 1. The molecule has 1 aliphatic rings. The Morgan fingerprint density at radius 2 is 1.89 bits per heavy atom. The first-order valence-corrected chi connectivity index (χ1v) is 13.8. The molecular formula is C31H31F3N8O2. The van der Waals surface area contributed by atoms with Gasteiger partial charge in [0.2, 0.25) is 5.88 Å². The monoisotopic (exact) mass is 604 g/mol. The highest BCUT2D eigenvalue weighted by atomic mass is 19.4. The Labute approximate surface area is 252 Å². The zero-order valence-corrected chi connectivity index (χ0v) is 24.2. The summed E-state index contributed by atoms with van der Waals surface area (Å²) >= 11 is 0. The van der Waals surface area contributed by atoms with Gasteiger partial charge in [0.1, 0.15) is 11.6 Å². The number of likely N-dealkylation sites (N-methyl/N-ethyl adjacent to an activating group) is 1. The average molecular weight is 605 g/mol. The molecule has 10 nitrogen and oxygen atoms in total. The van der Waals surface area contributed by atoms with E-state index in [2.05, 4.69) is 25.2 Å². The van der Waals surface area contributed by atoms with Gasteiger partial charge in [-0.3, -0.25) is 14.7 Å². The molecule has 1 saturated heterocycles. The number of nitrogen functional groups attached to an aromatic ring is 1. The van der Waals surface area contributed by atoms with Crippen LogP contribution in [-0.2, 0) is 12.7 Å². The van der Waals surface area contributed by atoms with E-state index in [0.29, 0.717) is 24.2 Å². The fourth-order valence-electron chi connectivity index (χ4n) is 4.76. The molecule has 44 heavy (non-hydrogen) atoms. The number of nitrogens with two attached hydrogens (primary N) is 1. The van der Waals surface area contributed by atoms with Crippen molar-refractivity contribution in [2.24, 2.45) is 0 Å². The third-order valence-corrected chi connectivity index (χ3v) is 7.32. The highest BCUT2D eigenvalue weighted by Crippen LogP contribution is 2.35. The quantitative estimate of drug-likeness (QED) is 0.233. The summed E-state index contributed by atoms with van der Waals surface area (Å²) in [5.41, 5.74) is 6.99. The lowest BCUT2D eigenvalue weighted by atomic mass is 10.0. The van der Waals surface area contributed by atoms with Crippen LogP contribution in [0.4, 0.5) is 24.7 Å². The van der Waals surface area contributed by atoms with Gasteiger partial charge in [-0.1, -0.05) is 12.1 Å². The van der Waals surface area contributed by atoms with Crippen molar-refractivity contribution >= 4 is 23.6 Å². The number of piperazine rings is 1. The fraction of sp³-hybridized carbons (Fsp3) is 0.258. The minimum atomic E-state index is -4.59. The zero-order valence-electron chi connectivity index (χ0n) is 24.2. The van der Waals surface area contributed by atoms with Crippen molar-refractivity contribution in [3.05, 3.63) is 88.7 Å². The maximum atomic E-state index is 14.0. The number of nitrogens with zero attached hydrogens (tertiary/aromatic N) is 5. The van der Waals surface area contributed by atoms with Crippen molar-refractivity contribution in [3.63, 3.8) is 0 Å². The van der Waals surface area contributed by atoms with Crippen LogP contribution in [0.1, 0.15) is 32.6 Å². The van der Waals surface area contributed by atoms with Crippen molar-refractivity contribution in [1.29, 1.82) is 5.41 Å². The van der Waals surface area contributed by atoms with E-state index < -0.39 is 17.6 Å². The first-order valence-electron chi connectivity index (χ1n) is 13.8. The zero-order chi connectivity index (χ0) is 31.4. The van der Waals surface area contributed by atoms with E-state index in [0.717, 1.165) is 25.4 Å². The Morgan fingerprint density at radius 1 is 1.11 bits per heavy atom. The third-order valence-electron chi connectivity index (χ3n) is 7.32. The van der Waals surface area contributed by atoms with Gasteiger partial charge in [0.15, 0.2) is 5.82 Å². The van der Waals surface area contributed by atoms with Crippen LogP contribution in [0, 0.1) is 12.3 Å². The number of nitrogens with one attached hydrogen (secondary N) is 2. The highest BCUT2D eigenvalue weighted by molar-refractivity contribution is 6.04. The number of anilines is 2. The number of carbonyl (C=O) groups is 1. The summed E-state index contributed by atoms with van der Waals surface area (Å²) in [7, 11) is 1.98. The number of benzene rings is 2. The van der Waals surface area contributed by atoms with E-state index in [1.54, 1.807) is 37.5 Å². The molecule has 0 spiro atoms. The number of pyridine rings is 1. The third kappa shape index (κ3) is 7.01. The molecule has 5 rings (SSSR count). The lowest BCUT2D eigenvalue weighted by molar-refractivity contribution is -0.138. The number of aryl methyl sites for hydroxylation is 1. The van der Waals surface area contributed by atoms with Crippen LogP contribution in [-0.4, -0.2) is 70.1 Å². The van der Waals surface area contributed by atoms with E-state index >= 15 is 0 Å². The van der Waals surface area contributed by atoms with Crippen molar-refractivity contribution in [2.75, 3.05) is 44.3 Å². The van der Waals surface area contributed by atoms with Gasteiger partial charge in [0.25, 0.3) is 5.91 Å². The molecule has 13 heteroatoms. The fourth-order valence-corrected chi connectivity index (χ4v) is 4.76. The van der Waals surface area contributed by atoms with Gasteiger partial charge >= 0.3 is 6.18 Å². The van der Waals surface area contributed by atoms with Crippen molar-refractivity contribution < 1.29 is 22.7 Å². The molecule has 2 aromatic heterocycles. The number of carbonyl (C=O) groups excluding carboxylic acids is 1. The molecule has 1 amide bonds. The molecule has 1 fully saturated rings. The Kier molecular flexibility index (Phi) is 8.88. The van der Waals surface area contributed by atoms with Gasteiger partial charge in [-0.25, -0.2) is 4.98 Å². The van der Waals surface area contributed by atoms with Crippen LogP contribution in [0.5, 0.6) is 11.6 Å². The molecule has 2 aromatic carbocycles. The number of rotatable bonds is 8. The summed E-state index contributed by atoms with van der Waals surface area (Å²) in [5.74, 6) is -0.126. The van der Waals surface area contributed by atoms with Crippen LogP contribution < -0.4 is 15.8 Å². The number of alkyl halides is 3. The first kappa shape index (κ1) is 30.6. The Bertz CT molecular complexity index is 1670. The summed E-state index contributed by atoms with van der Waals surface area (Å²) in [6.07, 6.45) is -0.464. The molecule has 4 N–H and O–H groups in total. The van der Waals surface area contributed by atoms with Crippen LogP contribution in [0.2, 0.25) is 0 Å². The number of hydrogen-bond donors (Lipinski definition) is 3. The predicted octanol–water partition coefficient (Wildman–Crippen LogP) is 5.24. The number of halogens is 3. The highest BCUT2D eigenvalue weighted by Gasteiger charge is 2.34. The van der Waals surface area contributed by atoms with Gasteiger partial charge in [-0.15, -0.1) is 0 Å². The van der Waals surface area contributed by atoms with Gasteiger partial charge in [0.05, 0.1) is 11.1 Å². The Morgan fingerprint density at radius 3 is 2.57 bits per heavy atom. The number of ether oxygens (including phenoxy) is 1. The van der Waals surface area contributed by atoms with E-state index in [4.69, 9.17) is 15.9 Å². The maximum Gasteiger partial charge on any atom is 0.416 e. The van der Waals surface area contributed by atoms with E-state index in [1.807, 2.05) is 11.9 Å². The molecule has 0 unspecified atom stereocenters. The Balaban J connectivity index is 1.38. The van der Waals surface area contributed by atoms with E-state index in [9.17, 15) is 18.0 Å². The summed E-state index contributed by atoms with van der Waals surface area (Å²) in [4.78, 5) is 30.0. The summed E-state index contributed by atoms with van der Waals surface area (Å²) in [6, 6.07) is 11.9. The van der Waals surface area contributed by atoms with E-state index in [-0.39, 0.29) is 52.2 Å². The topological polar surface area (TPSA) is 133 Å². The minimum Gasteiger partial charge on any atom is -0.438 e. The van der Waals surface area contributed by atoms with Crippen LogP contribution >= 0.6 is 0 Å². The van der Waals surface area contributed by atoms with Crippen molar-refractivity contribution in [1.82, 2.24) is 24.8 Å². The molecule has 3 heterocycles. The van der Waals surface area contributed by atoms with Crippen molar-refractivity contribution in [2.45, 2.75) is 19.6 Å². The van der Waals surface area contributed by atoms with Gasteiger partial charge in [-0.2, -0.15) is 18.2 Å². The minimum absolute atomic E-state index is 0.00207. The van der Waals surface area contributed by atoms with Gasteiger partial charge < -0.3 is 26.1 Å². The molecule has 0 bridgehead atoms. The van der Waals surface area contributed by atoms with Gasteiger partial charge in [0, 0.05) is 68.1 Å². The van der Waals surface area contributed by atoms with Crippen LogP contribution in [0.15, 0.2) is 60.9 Å². The summed E-state index contributed by atoms with van der Waals surface area (Å²) < 4.78 is 48.2. The largest absolute Gasteiger partial charge is 0.438 e. The molecule has 0 radical (unpaired) electrons. The van der Waals surface area contributed by atoms with Crippen LogP contribution in [0.25, 0.3) is 11.4 Å². The normalized spacial score (nSPS) is 14.3. The van der Waals surface area contributed by atoms with Gasteiger partial charge in [-0.05, 0) is 61.5 Å². The number of hydrogen-bond acceptors (Lipinski definition) is 9. The second-order valence-electron chi connectivity index (χ2n) is 10.5. The number of aromatic nitrogens is 3. The molecule has 0 aliphatic carbocycles. The molecule has 1 aliphatic heterocycles. The summed E-state index contributed by atoms with van der Waals surface area (Å²) in [6.45, 7) is 4.86. The lowest BCUT2D eigenvalue weighted by Gasteiger charge is -2.33.